The minimum Gasteiger partial charge on any atom is -0.370 e. The quantitative estimate of drug-likeness (QED) is 0.251. The maximum Gasteiger partial charge on any atom is 0.217 e. The van der Waals surface area contributed by atoms with E-state index in [2.05, 4.69) is 15.2 Å². The zero-order valence-electron chi connectivity index (χ0n) is 14.0. The lowest BCUT2D eigenvalue weighted by Gasteiger charge is -2.34. The maximum atomic E-state index is 11.1. The number of piperidine rings is 1. The second-order valence-electron chi connectivity index (χ2n) is 5.84. The van der Waals surface area contributed by atoms with Gasteiger partial charge in [0, 0.05) is 38.9 Å². The summed E-state index contributed by atoms with van der Waals surface area (Å²) in [6, 6.07) is 0. The number of nitrogens with zero attached hydrogens (tertiary/aromatic N) is 2. The molecule has 0 bridgehead atoms. The molecule has 0 spiro atoms. The van der Waals surface area contributed by atoms with Crippen LogP contribution in [0.15, 0.2) is 4.99 Å². The van der Waals surface area contributed by atoms with E-state index in [9.17, 15) is 13.2 Å². The molecule has 7 nitrogen and oxygen atoms in total. The minimum atomic E-state index is -2.94. The van der Waals surface area contributed by atoms with Crippen molar-refractivity contribution >= 4 is 45.7 Å². The highest BCUT2D eigenvalue weighted by molar-refractivity contribution is 14.0. The number of nitrogens with two attached hydrogens (primary N) is 1. The summed E-state index contributed by atoms with van der Waals surface area (Å²) >= 11 is 0. The first kappa shape index (κ1) is 22.4. The number of sulfone groups is 1. The normalized spacial score (nSPS) is 19.1. The van der Waals surface area contributed by atoms with Gasteiger partial charge in [0.25, 0.3) is 0 Å². The minimum absolute atomic E-state index is 0. The van der Waals surface area contributed by atoms with Gasteiger partial charge in [0.05, 0.1) is 5.75 Å². The first-order valence-corrected chi connectivity index (χ1v) is 9.87. The number of nitrogens with one attached hydrogen (secondary N) is 1. The second-order valence-corrected chi connectivity index (χ2v) is 8.10. The molecule has 3 N–H and O–H groups in total. The van der Waals surface area contributed by atoms with Gasteiger partial charge >= 0.3 is 0 Å². The van der Waals surface area contributed by atoms with Gasteiger partial charge < -0.3 is 16.0 Å². The Morgan fingerprint density at radius 1 is 1.43 bits per heavy atom. The molecule has 0 aromatic heterocycles. The average Bonchev–Trinajstić information content (AvgIpc) is 2.40. The number of aliphatic imine (C=N–C) groups is 1. The van der Waals surface area contributed by atoms with E-state index in [0.29, 0.717) is 19.4 Å². The van der Waals surface area contributed by atoms with Crippen LogP contribution in [0.2, 0.25) is 0 Å². The van der Waals surface area contributed by atoms with Gasteiger partial charge in [-0.15, -0.1) is 24.0 Å². The van der Waals surface area contributed by atoms with Crippen LogP contribution in [-0.2, 0) is 14.6 Å². The van der Waals surface area contributed by atoms with E-state index in [1.165, 1.54) is 6.26 Å². The molecule has 1 saturated heterocycles. The van der Waals surface area contributed by atoms with Crippen LogP contribution in [-0.4, -0.2) is 63.4 Å². The Kier molecular flexibility index (Phi) is 10.8. The molecular formula is C14H29IN4O3S. The van der Waals surface area contributed by atoms with Crippen LogP contribution >= 0.6 is 24.0 Å². The molecule has 1 amide bonds. The Morgan fingerprint density at radius 2 is 2.13 bits per heavy atom. The predicted molar refractivity (Wildman–Crippen MR) is 104 cm³/mol. The average molecular weight is 460 g/mol. The van der Waals surface area contributed by atoms with E-state index in [0.717, 1.165) is 38.4 Å². The molecule has 1 aliphatic rings. The maximum absolute atomic E-state index is 11.1. The molecule has 1 unspecified atom stereocenters. The van der Waals surface area contributed by atoms with Crippen LogP contribution in [0, 0.1) is 5.92 Å². The molecule has 1 atom stereocenters. The predicted octanol–water partition coefficient (Wildman–Crippen LogP) is 0.592. The van der Waals surface area contributed by atoms with Crippen molar-refractivity contribution in [3.8, 4) is 0 Å². The van der Waals surface area contributed by atoms with Crippen LogP contribution in [0.5, 0.6) is 0 Å². The molecule has 0 aliphatic carbocycles. The first-order chi connectivity index (χ1) is 10.3. The fraction of sp³-hybridized carbons (Fsp3) is 0.857. The van der Waals surface area contributed by atoms with Crippen molar-refractivity contribution in [3.63, 3.8) is 0 Å². The number of carbonyl (C=O) groups excluding carboxylic acids is 1. The molecule has 136 valence electrons. The smallest absolute Gasteiger partial charge is 0.217 e. The number of hydrogen-bond acceptors (Lipinski definition) is 4. The molecule has 1 heterocycles. The molecule has 1 rings (SSSR count). The highest BCUT2D eigenvalue weighted by Crippen LogP contribution is 2.19. The van der Waals surface area contributed by atoms with E-state index in [4.69, 9.17) is 5.73 Å². The Morgan fingerprint density at radius 3 is 2.70 bits per heavy atom. The van der Waals surface area contributed by atoms with Crippen molar-refractivity contribution in [2.75, 3.05) is 38.2 Å². The Labute approximate surface area is 156 Å². The van der Waals surface area contributed by atoms with Gasteiger partial charge in [-0.3, -0.25) is 9.79 Å². The first-order valence-electron chi connectivity index (χ1n) is 7.81. The lowest BCUT2D eigenvalue weighted by atomic mass is 9.95. The van der Waals surface area contributed by atoms with Gasteiger partial charge in [0.1, 0.15) is 9.84 Å². The number of halogens is 1. The fourth-order valence-electron chi connectivity index (χ4n) is 2.65. The summed E-state index contributed by atoms with van der Waals surface area (Å²) in [6.07, 6.45) is 4.18. The zero-order valence-corrected chi connectivity index (χ0v) is 17.1. The standard InChI is InChI=1S/C14H28N4O3S.HI/c1-3-16-14(17-7-5-9-22(2,20)21)18-8-4-6-12(11-18)10-13(15)19;/h12H,3-11H2,1-2H3,(H2,15,19)(H,16,17);1H. The number of likely N-dealkylation sites (tertiary alicyclic amines) is 1. The van der Waals surface area contributed by atoms with Crippen LogP contribution in [0.4, 0.5) is 0 Å². The van der Waals surface area contributed by atoms with Crippen LogP contribution in [0.3, 0.4) is 0 Å². The molecule has 0 aromatic carbocycles. The number of rotatable bonds is 7. The van der Waals surface area contributed by atoms with Gasteiger partial charge in [-0.25, -0.2) is 8.42 Å². The molecule has 1 fully saturated rings. The Balaban J connectivity index is 0.00000484. The van der Waals surface area contributed by atoms with E-state index >= 15 is 0 Å². The molecule has 1 aliphatic heterocycles. The topological polar surface area (TPSA) is 105 Å². The summed E-state index contributed by atoms with van der Waals surface area (Å²) in [5.74, 6) is 0.957. The SMILES string of the molecule is CCNC(=NCCCS(C)(=O)=O)N1CCCC(CC(N)=O)C1.I. The molecule has 9 heteroatoms. The van der Waals surface area contributed by atoms with Crippen LogP contribution < -0.4 is 11.1 Å². The van der Waals surface area contributed by atoms with E-state index < -0.39 is 9.84 Å². The lowest BCUT2D eigenvalue weighted by Crippen LogP contribution is -2.47. The van der Waals surface area contributed by atoms with Crippen LogP contribution in [0.1, 0.15) is 32.6 Å². The summed E-state index contributed by atoms with van der Waals surface area (Å²) in [6.45, 7) is 4.89. The number of hydrogen-bond donors (Lipinski definition) is 2. The number of amides is 1. The van der Waals surface area contributed by atoms with Crippen LogP contribution in [0.25, 0.3) is 0 Å². The summed E-state index contributed by atoms with van der Waals surface area (Å²) < 4.78 is 22.3. The summed E-state index contributed by atoms with van der Waals surface area (Å²) in [5.41, 5.74) is 5.28. The largest absolute Gasteiger partial charge is 0.370 e. The van der Waals surface area contributed by atoms with Crippen molar-refractivity contribution < 1.29 is 13.2 Å². The van der Waals surface area contributed by atoms with Gasteiger partial charge in [-0.1, -0.05) is 0 Å². The van der Waals surface area contributed by atoms with Crippen molar-refractivity contribution in [1.82, 2.24) is 10.2 Å². The third-order valence-electron chi connectivity index (χ3n) is 3.58. The third-order valence-corrected chi connectivity index (χ3v) is 4.61. The van der Waals surface area contributed by atoms with Gasteiger partial charge in [-0.05, 0) is 32.1 Å². The molecule has 0 radical (unpaired) electrons. The molecule has 0 saturated carbocycles. The Hall–Kier alpha value is -0.580. The van der Waals surface area contributed by atoms with E-state index in [1.54, 1.807) is 0 Å². The number of carbonyl (C=O) groups is 1. The second kappa shape index (κ2) is 11.1. The van der Waals surface area contributed by atoms with Crippen molar-refractivity contribution in [1.29, 1.82) is 0 Å². The summed E-state index contributed by atoms with van der Waals surface area (Å²) in [4.78, 5) is 17.7. The summed E-state index contributed by atoms with van der Waals surface area (Å²) in [7, 11) is -2.94. The molecule has 23 heavy (non-hydrogen) atoms. The molecular weight excluding hydrogens is 431 g/mol. The number of primary amides is 1. The molecule has 0 aromatic rings. The van der Waals surface area contributed by atoms with E-state index in [1.807, 2.05) is 6.92 Å². The highest BCUT2D eigenvalue weighted by Gasteiger charge is 2.23. The zero-order chi connectivity index (χ0) is 16.6. The van der Waals surface area contributed by atoms with Crippen molar-refractivity contribution in [3.05, 3.63) is 0 Å². The van der Waals surface area contributed by atoms with E-state index in [-0.39, 0.29) is 41.6 Å². The third kappa shape index (κ3) is 10.0. The van der Waals surface area contributed by atoms with Gasteiger partial charge in [0.2, 0.25) is 5.91 Å². The summed E-state index contributed by atoms with van der Waals surface area (Å²) in [5, 5.41) is 3.23. The van der Waals surface area contributed by atoms with Crippen molar-refractivity contribution in [2.24, 2.45) is 16.6 Å². The Bertz CT molecular complexity index is 496. The fourth-order valence-corrected chi connectivity index (χ4v) is 3.30. The monoisotopic (exact) mass is 460 g/mol. The highest BCUT2D eigenvalue weighted by atomic mass is 127. The van der Waals surface area contributed by atoms with Gasteiger partial charge in [0.15, 0.2) is 5.96 Å². The number of guanidine groups is 1. The van der Waals surface area contributed by atoms with Crippen molar-refractivity contribution in [2.45, 2.75) is 32.6 Å². The van der Waals surface area contributed by atoms with Gasteiger partial charge in [-0.2, -0.15) is 0 Å². The lowest BCUT2D eigenvalue weighted by molar-refractivity contribution is -0.119.